The molecule has 1 saturated carbocycles. The van der Waals surface area contributed by atoms with E-state index in [1.54, 1.807) is 18.2 Å². The maximum absolute atomic E-state index is 11.6. The van der Waals surface area contributed by atoms with E-state index in [4.69, 9.17) is 23.2 Å². The zero-order valence-electron chi connectivity index (χ0n) is 9.71. The molecule has 1 aliphatic rings. The highest BCUT2D eigenvalue weighted by atomic mass is 35.5. The molecule has 6 heteroatoms. The van der Waals surface area contributed by atoms with Crippen LogP contribution in [0.5, 0.6) is 0 Å². The first kappa shape index (κ1) is 15.6. The first-order valence-electron chi connectivity index (χ1n) is 5.61. The second-order valence-corrected chi connectivity index (χ2v) is 5.07. The fourth-order valence-corrected chi connectivity index (χ4v) is 1.79. The third kappa shape index (κ3) is 5.02. The standard InChI is InChI=1S/C12H14Cl2N2O.ClH/c13-10-4-3-9(5-11(10)14)16-12(17)7-15-6-8-1-2-8;/h3-5,8,15H,1-2,6-7H2,(H,16,17);1H. The largest absolute Gasteiger partial charge is 0.325 e. The normalized spacial score (nSPS) is 13.9. The zero-order valence-corrected chi connectivity index (χ0v) is 12.0. The highest BCUT2D eigenvalue weighted by Crippen LogP contribution is 2.27. The first-order chi connectivity index (χ1) is 8.15. The topological polar surface area (TPSA) is 41.1 Å². The molecule has 1 fully saturated rings. The Labute approximate surface area is 123 Å². The Hall–Kier alpha value is -0.480. The number of halogens is 3. The number of rotatable bonds is 5. The van der Waals surface area contributed by atoms with E-state index in [0.717, 1.165) is 12.5 Å². The first-order valence-corrected chi connectivity index (χ1v) is 6.36. The molecular weight excluding hydrogens is 295 g/mol. The van der Waals surface area contributed by atoms with Crippen LogP contribution in [0.3, 0.4) is 0 Å². The summed E-state index contributed by atoms with van der Waals surface area (Å²) in [6, 6.07) is 5.03. The molecule has 1 amide bonds. The number of benzene rings is 1. The van der Waals surface area contributed by atoms with Gasteiger partial charge in [-0.25, -0.2) is 0 Å². The lowest BCUT2D eigenvalue weighted by molar-refractivity contribution is -0.115. The van der Waals surface area contributed by atoms with E-state index < -0.39 is 0 Å². The highest BCUT2D eigenvalue weighted by molar-refractivity contribution is 6.42. The Morgan fingerprint density at radius 2 is 2.00 bits per heavy atom. The van der Waals surface area contributed by atoms with Crippen molar-refractivity contribution >= 4 is 47.2 Å². The predicted octanol–water partition coefficient (Wildman–Crippen LogP) is 3.35. The summed E-state index contributed by atoms with van der Waals surface area (Å²) in [5.41, 5.74) is 0.664. The Morgan fingerprint density at radius 3 is 2.61 bits per heavy atom. The number of carbonyl (C=O) groups excluding carboxylic acids is 1. The van der Waals surface area contributed by atoms with E-state index in [9.17, 15) is 4.79 Å². The van der Waals surface area contributed by atoms with Gasteiger partial charge in [-0.1, -0.05) is 23.2 Å². The second kappa shape index (κ2) is 7.19. The highest BCUT2D eigenvalue weighted by Gasteiger charge is 2.20. The van der Waals surface area contributed by atoms with Gasteiger partial charge in [0.2, 0.25) is 5.91 Å². The van der Waals surface area contributed by atoms with Crippen molar-refractivity contribution in [2.45, 2.75) is 12.8 Å². The van der Waals surface area contributed by atoms with Crippen molar-refractivity contribution in [3.63, 3.8) is 0 Å². The zero-order chi connectivity index (χ0) is 12.3. The van der Waals surface area contributed by atoms with E-state index >= 15 is 0 Å². The molecule has 0 aliphatic heterocycles. The minimum atomic E-state index is -0.0657. The minimum Gasteiger partial charge on any atom is -0.325 e. The summed E-state index contributed by atoms with van der Waals surface area (Å²) in [7, 11) is 0. The van der Waals surface area contributed by atoms with E-state index in [1.807, 2.05) is 0 Å². The molecule has 0 spiro atoms. The molecular formula is C12H15Cl3N2O. The molecule has 18 heavy (non-hydrogen) atoms. The van der Waals surface area contributed by atoms with Crippen molar-refractivity contribution in [2.24, 2.45) is 5.92 Å². The average molecular weight is 310 g/mol. The molecule has 1 aromatic carbocycles. The Kier molecular flexibility index (Phi) is 6.22. The minimum absolute atomic E-state index is 0. The van der Waals surface area contributed by atoms with Crippen LogP contribution in [0.25, 0.3) is 0 Å². The molecule has 2 N–H and O–H groups in total. The lowest BCUT2D eigenvalue weighted by atomic mass is 10.3. The average Bonchev–Trinajstić information content (AvgIpc) is 3.07. The number of hydrogen-bond donors (Lipinski definition) is 2. The van der Waals surface area contributed by atoms with E-state index in [-0.39, 0.29) is 18.3 Å². The number of carbonyl (C=O) groups is 1. The summed E-state index contributed by atoms with van der Waals surface area (Å²) in [6.07, 6.45) is 2.56. The third-order valence-electron chi connectivity index (χ3n) is 2.62. The molecule has 0 unspecified atom stereocenters. The maximum atomic E-state index is 11.6. The van der Waals surface area contributed by atoms with Crippen LogP contribution < -0.4 is 10.6 Å². The second-order valence-electron chi connectivity index (χ2n) is 4.25. The lowest BCUT2D eigenvalue weighted by Crippen LogP contribution is -2.29. The Bertz CT molecular complexity index is 422. The third-order valence-corrected chi connectivity index (χ3v) is 3.36. The van der Waals surface area contributed by atoms with Crippen LogP contribution >= 0.6 is 35.6 Å². The summed E-state index contributed by atoms with van der Waals surface area (Å²) >= 11 is 11.6. The maximum Gasteiger partial charge on any atom is 0.238 e. The van der Waals surface area contributed by atoms with E-state index in [0.29, 0.717) is 22.3 Å². The molecule has 0 heterocycles. The van der Waals surface area contributed by atoms with Crippen molar-refractivity contribution in [1.29, 1.82) is 0 Å². The summed E-state index contributed by atoms with van der Waals surface area (Å²) in [5, 5.41) is 6.80. The monoisotopic (exact) mass is 308 g/mol. The van der Waals surface area contributed by atoms with Crippen molar-refractivity contribution in [2.75, 3.05) is 18.4 Å². The van der Waals surface area contributed by atoms with Crippen LogP contribution in [0.15, 0.2) is 18.2 Å². The SMILES string of the molecule is Cl.O=C(CNCC1CC1)Nc1ccc(Cl)c(Cl)c1. The van der Waals surface area contributed by atoms with Gasteiger partial charge in [-0.3, -0.25) is 4.79 Å². The Balaban J connectivity index is 0.00000162. The van der Waals surface area contributed by atoms with Crippen molar-refractivity contribution in [3.05, 3.63) is 28.2 Å². The van der Waals surface area contributed by atoms with Gasteiger partial charge in [0, 0.05) is 5.69 Å². The number of hydrogen-bond acceptors (Lipinski definition) is 2. The molecule has 1 aliphatic carbocycles. The summed E-state index contributed by atoms with van der Waals surface area (Å²) < 4.78 is 0. The van der Waals surface area contributed by atoms with E-state index in [2.05, 4.69) is 10.6 Å². The lowest BCUT2D eigenvalue weighted by Gasteiger charge is -2.07. The fourth-order valence-electron chi connectivity index (χ4n) is 1.49. The molecule has 0 bridgehead atoms. The molecule has 1 aromatic rings. The van der Waals surface area contributed by atoms with Crippen molar-refractivity contribution in [1.82, 2.24) is 5.32 Å². The van der Waals surface area contributed by atoms with Crippen LogP contribution in [-0.2, 0) is 4.79 Å². The van der Waals surface area contributed by atoms with E-state index in [1.165, 1.54) is 12.8 Å². The molecule has 2 rings (SSSR count). The fraction of sp³-hybridized carbons (Fsp3) is 0.417. The summed E-state index contributed by atoms with van der Waals surface area (Å²) in [6.45, 7) is 1.26. The van der Waals surface area contributed by atoms with Gasteiger partial charge in [-0.05, 0) is 43.5 Å². The van der Waals surface area contributed by atoms with Crippen LogP contribution in [0.2, 0.25) is 10.0 Å². The van der Waals surface area contributed by atoms with Crippen LogP contribution in [0.4, 0.5) is 5.69 Å². The van der Waals surface area contributed by atoms with Crippen molar-refractivity contribution in [3.8, 4) is 0 Å². The number of amides is 1. The summed E-state index contributed by atoms with van der Waals surface area (Å²) in [4.78, 5) is 11.6. The smallest absolute Gasteiger partial charge is 0.238 e. The van der Waals surface area contributed by atoms with Gasteiger partial charge >= 0.3 is 0 Å². The van der Waals surface area contributed by atoms with Gasteiger partial charge < -0.3 is 10.6 Å². The Morgan fingerprint density at radius 1 is 1.28 bits per heavy atom. The van der Waals surface area contributed by atoms with Crippen LogP contribution in [-0.4, -0.2) is 19.0 Å². The number of nitrogens with one attached hydrogen (secondary N) is 2. The van der Waals surface area contributed by atoms with Gasteiger partial charge in [-0.15, -0.1) is 12.4 Å². The van der Waals surface area contributed by atoms with Crippen LogP contribution in [0, 0.1) is 5.92 Å². The molecule has 0 aromatic heterocycles. The molecule has 3 nitrogen and oxygen atoms in total. The summed E-state index contributed by atoms with van der Waals surface area (Å²) in [5.74, 6) is 0.705. The molecule has 100 valence electrons. The quantitative estimate of drug-likeness (QED) is 0.876. The van der Waals surface area contributed by atoms with Gasteiger partial charge in [0.05, 0.1) is 16.6 Å². The van der Waals surface area contributed by atoms with Gasteiger partial charge in [-0.2, -0.15) is 0 Å². The molecule has 0 radical (unpaired) electrons. The molecule has 0 atom stereocenters. The van der Waals surface area contributed by atoms with Crippen molar-refractivity contribution < 1.29 is 4.79 Å². The predicted molar refractivity (Wildman–Crippen MR) is 77.9 cm³/mol. The number of anilines is 1. The van der Waals surface area contributed by atoms with Gasteiger partial charge in [0.15, 0.2) is 0 Å². The molecule has 0 saturated heterocycles. The van der Waals surface area contributed by atoms with Gasteiger partial charge in [0.1, 0.15) is 0 Å². The van der Waals surface area contributed by atoms with Gasteiger partial charge in [0.25, 0.3) is 0 Å². The van der Waals surface area contributed by atoms with Crippen LogP contribution in [0.1, 0.15) is 12.8 Å².